The van der Waals surface area contributed by atoms with Crippen molar-refractivity contribution in [1.82, 2.24) is 15.0 Å². The molecule has 1 atom stereocenters. The Kier molecular flexibility index (Phi) is 5.85. The number of aromatic nitrogens is 3. The topological polar surface area (TPSA) is 74.2 Å². The Morgan fingerprint density at radius 1 is 1.30 bits per heavy atom. The fourth-order valence-corrected chi connectivity index (χ4v) is 2.97. The predicted molar refractivity (Wildman–Crippen MR) is 82.5 cm³/mol. The number of aliphatic hydroxyl groups is 1. The Morgan fingerprint density at radius 2 is 2.05 bits per heavy atom. The van der Waals surface area contributed by atoms with Gasteiger partial charge in [-0.2, -0.15) is 15.0 Å². The van der Waals surface area contributed by atoms with E-state index in [1.165, 1.54) is 12.8 Å². The first-order valence-corrected chi connectivity index (χ1v) is 8.13. The normalized spacial score (nSPS) is 16.4. The molecule has 7 heteroatoms. The Labute approximate surface area is 124 Å². The highest BCUT2D eigenvalue weighted by atomic mass is 32.2. The van der Waals surface area contributed by atoms with E-state index in [0.29, 0.717) is 11.2 Å². The molecule has 0 saturated carbocycles. The number of hydrogen-bond donors (Lipinski definition) is 2. The zero-order chi connectivity index (χ0) is 14.4. The maximum Gasteiger partial charge on any atom is 0.231 e. The van der Waals surface area contributed by atoms with Gasteiger partial charge in [-0.05, 0) is 26.2 Å². The molecule has 0 aliphatic carbocycles. The van der Waals surface area contributed by atoms with E-state index in [0.717, 1.165) is 37.2 Å². The lowest BCUT2D eigenvalue weighted by atomic mass is 10.4. The van der Waals surface area contributed by atoms with Crippen LogP contribution in [0.2, 0.25) is 0 Å². The van der Waals surface area contributed by atoms with Crippen LogP contribution in [0.3, 0.4) is 0 Å². The van der Waals surface area contributed by atoms with E-state index in [-0.39, 0.29) is 6.61 Å². The fraction of sp³-hybridized carbons (Fsp3) is 0.769. The van der Waals surface area contributed by atoms with Crippen LogP contribution in [0.4, 0.5) is 11.9 Å². The average Bonchev–Trinajstić information content (AvgIpc) is 2.93. The molecule has 0 spiro atoms. The molecule has 0 bridgehead atoms. The number of nitrogens with zero attached hydrogens (tertiary/aromatic N) is 4. The molecule has 0 radical (unpaired) electrons. The summed E-state index contributed by atoms with van der Waals surface area (Å²) in [6.07, 6.45) is 3.14. The van der Waals surface area contributed by atoms with Crippen molar-refractivity contribution < 1.29 is 5.11 Å². The molecule has 6 nitrogen and oxygen atoms in total. The van der Waals surface area contributed by atoms with Crippen molar-refractivity contribution in [2.45, 2.75) is 43.5 Å². The van der Waals surface area contributed by atoms with E-state index in [9.17, 15) is 0 Å². The number of hydrogen-bond acceptors (Lipinski definition) is 7. The zero-order valence-corrected chi connectivity index (χ0v) is 13.0. The van der Waals surface area contributed by atoms with E-state index in [2.05, 4.69) is 32.1 Å². The minimum Gasteiger partial charge on any atom is -0.396 e. The van der Waals surface area contributed by atoms with Gasteiger partial charge in [0.1, 0.15) is 0 Å². The Morgan fingerprint density at radius 3 is 2.70 bits per heavy atom. The summed E-state index contributed by atoms with van der Waals surface area (Å²) < 4.78 is 0. The van der Waals surface area contributed by atoms with Gasteiger partial charge in [0.2, 0.25) is 11.9 Å². The molecule has 2 rings (SSSR count). The Balaban J connectivity index is 2.16. The first kappa shape index (κ1) is 15.3. The van der Waals surface area contributed by atoms with Crippen LogP contribution in [0.1, 0.15) is 33.1 Å². The Bertz CT molecular complexity index is 425. The molecule has 1 saturated heterocycles. The lowest BCUT2D eigenvalue weighted by Crippen LogP contribution is -2.22. The summed E-state index contributed by atoms with van der Waals surface area (Å²) in [5.41, 5.74) is 0. The smallest absolute Gasteiger partial charge is 0.231 e. The summed E-state index contributed by atoms with van der Waals surface area (Å²) in [6, 6.07) is 0. The maximum absolute atomic E-state index is 8.99. The van der Waals surface area contributed by atoms with Crippen LogP contribution >= 0.6 is 11.8 Å². The van der Waals surface area contributed by atoms with E-state index in [1.54, 1.807) is 11.8 Å². The predicted octanol–water partition coefficient (Wildman–Crippen LogP) is 1.77. The van der Waals surface area contributed by atoms with Crippen LogP contribution in [0, 0.1) is 0 Å². The number of nitrogens with one attached hydrogen (secondary N) is 1. The van der Waals surface area contributed by atoms with Gasteiger partial charge in [-0.15, -0.1) is 0 Å². The van der Waals surface area contributed by atoms with Gasteiger partial charge in [0.05, 0.1) is 0 Å². The standard InChI is InChI=1S/C13H23N5OS/c1-3-14-11-15-12(18-7-4-5-8-18)17-13(16-11)20-10(2)6-9-19/h10,19H,3-9H2,1-2H3,(H,14,15,16,17). The summed E-state index contributed by atoms with van der Waals surface area (Å²) in [6.45, 7) is 7.13. The molecule has 1 fully saturated rings. The number of rotatable bonds is 7. The minimum absolute atomic E-state index is 0.193. The van der Waals surface area contributed by atoms with Crippen molar-refractivity contribution in [2.75, 3.05) is 36.5 Å². The van der Waals surface area contributed by atoms with Crippen LogP contribution in [0.25, 0.3) is 0 Å². The molecule has 1 unspecified atom stereocenters. The van der Waals surface area contributed by atoms with Crippen LogP contribution in [0.5, 0.6) is 0 Å². The lowest BCUT2D eigenvalue weighted by molar-refractivity contribution is 0.289. The van der Waals surface area contributed by atoms with Crippen LogP contribution < -0.4 is 10.2 Å². The van der Waals surface area contributed by atoms with Crippen molar-refractivity contribution in [3.8, 4) is 0 Å². The van der Waals surface area contributed by atoms with Gasteiger partial charge in [0.15, 0.2) is 5.16 Å². The van der Waals surface area contributed by atoms with Gasteiger partial charge < -0.3 is 15.3 Å². The second-order valence-electron chi connectivity index (χ2n) is 4.91. The second-order valence-corrected chi connectivity index (χ2v) is 6.31. The third-order valence-corrected chi connectivity index (χ3v) is 4.20. The highest BCUT2D eigenvalue weighted by Gasteiger charge is 2.18. The minimum atomic E-state index is 0.193. The SMILES string of the molecule is CCNc1nc(SC(C)CCO)nc(N2CCCC2)n1. The first-order valence-electron chi connectivity index (χ1n) is 7.25. The maximum atomic E-state index is 8.99. The summed E-state index contributed by atoms with van der Waals surface area (Å²) in [5.74, 6) is 1.41. The monoisotopic (exact) mass is 297 g/mol. The third kappa shape index (κ3) is 4.21. The van der Waals surface area contributed by atoms with Crippen molar-refractivity contribution >= 4 is 23.7 Å². The van der Waals surface area contributed by atoms with Crippen LogP contribution in [0.15, 0.2) is 5.16 Å². The fourth-order valence-electron chi connectivity index (χ4n) is 2.11. The zero-order valence-electron chi connectivity index (χ0n) is 12.2. The van der Waals surface area contributed by atoms with Gasteiger partial charge in [0.25, 0.3) is 0 Å². The summed E-state index contributed by atoms with van der Waals surface area (Å²) in [7, 11) is 0. The summed E-state index contributed by atoms with van der Waals surface area (Å²) in [5, 5.41) is 13.2. The third-order valence-electron chi connectivity index (χ3n) is 3.17. The van der Waals surface area contributed by atoms with Gasteiger partial charge in [-0.3, -0.25) is 0 Å². The average molecular weight is 297 g/mol. The largest absolute Gasteiger partial charge is 0.396 e. The molecule has 1 aliphatic rings. The molecule has 2 heterocycles. The molecule has 1 aromatic heterocycles. The quantitative estimate of drug-likeness (QED) is 0.743. The number of aliphatic hydroxyl groups excluding tert-OH is 1. The van der Waals surface area contributed by atoms with Gasteiger partial charge >= 0.3 is 0 Å². The number of anilines is 2. The van der Waals surface area contributed by atoms with Crippen molar-refractivity contribution in [3.63, 3.8) is 0 Å². The van der Waals surface area contributed by atoms with Gasteiger partial charge in [-0.25, -0.2) is 0 Å². The summed E-state index contributed by atoms with van der Waals surface area (Å²) in [4.78, 5) is 15.7. The molecule has 112 valence electrons. The second kappa shape index (κ2) is 7.64. The number of thioether (sulfide) groups is 1. The molecular formula is C13H23N5OS. The van der Waals surface area contributed by atoms with E-state index >= 15 is 0 Å². The van der Waals surface area contributed by atoms with E-state index in [4.69, 9.17) is 5.11 Å². The molecule has 1 aromatic rings. The van der Waals surface area contributed by atoms with Crippen molar-refractivity contribution in [3.05, 3.63) is 0 Å². The Hall–Kier alpha value is -1.08. The molecule has 0 amide bonds. The molecule has 0 aromatic carbocycles. The van der Waals surface area contributed by atoms with E-state index in [1.807, 2.05) is 6.92 Å². The van der Waals surface area contributed by atoms with E-state index < -0.39 is 0 Å². The first-order chi connectivity index (χ1) is 9.72. The van der Waals surface area contributed by atoms with Gasteiger partial charge in [0, 0.05) is 31.5 Å². The lowest BCUT2D eigenvalue weighted by Gasteiger charge is -2.17. The highest BCUT2D eigenvalue weighted by molar-refractivity contribution is 7.99. The van der Waals surface area contributed by atoms with Crippen LogP contribution in [-0.4, -0.2) is 51.5 Å². The van der Waals surface area contributed by atoms with Crippen molar-refractivity contribution in [2.24, 2.45) is 0 Å². The molecular weight excluding hydrogens is 274 g/mol. The summed E-state index contributed by atoms with van der Waals surface area (Å²) >= 11 is 1.59. The van der Waals surface area contributed by atoms with Crippen molar-refractivity contribution in [1.29, 1.82) is 0 Å². The molecule has 20 heavy (non-hydrogen) atoms. The molecule has 2 N–H and O–H groups in total. The van der Waals surface area contributed by atoms with Gasteiger partial charge in [-0.1, -0.05) is 18.7 Å². The van der Waals surface area contributed by atoms with Crippen LogP contribution in [-0.2, 0) is 0 Å². The molecule has 1 aliphatic heterocycles. The highest BCUT2D eigenvalue weighted by Crippen LogP contribution is 2.25.